The summed E-state index contributed by atoms with van der Waals surface area (Å²) in [6.45, 7) is -0.802. The van der Waals surface area contributed by atoms with Crippen molar-refractivity contribution in [1.82, 2.24) is 14.8 Å². The van der Waals surface area contributed by atoms with Gasteiger partial charge < -0.3 is 15.8 Å². The predicted octanol–water partition coefficient (Wildman–Crippen LogP) is 4.25. The van der Waals surface area contributed by atoms with Gasteiger partial charge in [-0.25, -0.2) is 9.37 Å². The molecular formula is C24H21F3N6O2. The first-order valence-electron chi connectivity index (χ1n) is 10.6. The number of nitrogen functional groups attached to an aromatic ring is 1. The van der Waals surface area contributed by atoms with Crippen LogP contribution in [0.5, 0.6) is 5.75 Å². The Bertz CT molecular complexity index is 1470. The summed E-state index contributed by atoms with van der Waals surface area (Å²) >= 11 is 0. The van der Waals surface area contributed by atoms with Gasteiger partial charge in [0.15, 0.2) is 11.6 Å². The Kier molecular flexibility index (Phi) is 6.67. The summed E-state index contributed by atoms with van der Waals surface area (Å²) in [6.07, 6.45) is 1.54. The molecule has 0 fully saturated rings. The summed E-state index contributed by atoms with van der Waals surface area (Å²) in [7, 11) is 1.59. The van der Waals surface area contributed by atoms with Gasteiger partial charge in [0.1, 0.15) is 16.8 Å². The highest BCUT2D eigenvalue weighted by Crippen LogP contribution is 2.28. The minimum atomic E-state index is -2.99. The maximum absolute atomic E-state index is 14.7. The molecule has 0 aliphatic rings. The van der Waals surface area contributed by atoms with E-state index in [-0.39, 0.29) is 28.2 Å². The fourth-order valence-electron chi connectivity index (χ4n) is 3.57. The molecule has 0 spiro atoms. The van der Waals surface area contributed by atoms with E-state index in [0.717, 1.165) is 4.68 Å². The third kappa shape index (κ3) is 4.79. The Hall–Kier alpha value is -4.41. The van der Waals surface area contributed by atoms with Gasteiger partial charge in [-0.1, -0.05) is 12.1 Å². The molecule has 2 heterocycles. The Morgan fingerprint density at radius 3 is 2.60 bits per heavy atom. The van der Waals surface area contributed by atoms with Crippen LogP contribution in [0, 0.1) is 5.82 Å². The Balaban J connectivity index is 2.00. The zero-order chi connectivity index (χ0) is 25.1. The van der Waals surface area contributed by atoms with Crippen LogP contribution in [-0.4, -0.2) is 41.2 Å². The van der Waals surface area contributed by atoms with Crippen molar-refractivity contribution in [2.24, 2.45) is 4.99 Å². The molecule has 0 aliphatic carbocycles. The largest absolute Gasteiger partial charge is 0.435 e. The topological polar surface area (TPSA) is 107 Å². The lowest BCUT2D eigenvalue weighted by Gasteiger charge is -2.14. The highest BCUT2D eigenvalue weighted by molar-refractivity contribution is 5.92. The minimum Gasteiger partial charge on any atom is -0.435 e. The standard InChI is InChI=1S/C24H21F3N6O2/c1-3-30-22-17(25)11-19-21(31-22)20(13-4-7-16(8-5-13)35-24(26)27)23(34)33(32-19)15-6-9-18(28)14(10-15)12-29-2/h4-12,24H,3,28H2,1-2H3,(H,30,31). The molecule has 0 saturated heterocycles. The van der Waals surface area contributed by atoms with E-state index in [2.05, 4.69) is 25.1 Å². The lowest BCUT2D eigenvalue weighted by atomic mass is 10.1. The SMILES string of the molecule is CCNc1nc2c(-c3ccc(OC(F)F)cc3)c(=O)n(-c3ccc(N)c(C=NC)c3)nc2cc1F. The molecule has 3 N–H and O–H groups in total. The molecule has 0 saturated carbocycles. The van der Waals surface area contributed by atoms with Crippen molar-refractivity contribution in [3.63, 3.8) is 0 Å². The van der Waals surface area contributed by atoms with Crippen molar-refractivity contribution >= 4 is 28.8 Å². The maximum Gasteiger partial charge on any atom is 0.387 e. The molecular weight excluding hydrogens is 461 g/mol. The van der Waals surface area contributed by atoms with Crippen LogP contribution in [0.25, 0.3) is 27.8 Å². The van der Waals surface area contributed by atoms with E-state index in [1.54, 1.807) is 32.2 Å². The number of nitrogens with one attached hydrogen (secondary N) is 1. The van der Waals surface area contributed by atoms with Crippen molar-refractivity contribution < 1.29 is 17.9 Å². The van der Waals surface area contributed by atoms with E-state index >= 15 is 0 Å². The summed E-state index contributed by atoms with van der Waals surface area (Å²) in [6, 6.07) is 11.5. The molecule has 180 valence electrons. The van der Waals surface area contributed by atoms with Crippen LogP contribution in [0.4, 0.5) is 24.7 Å². The van der Waals surface area contributed by atoms with E-state index in [1.807, 2.05) is 0 Å². The van der Waals surface area contributed by atoms with Gasteiger partial charge in [0.05, 0.1) is 11.3 Å². The second kappa shape index (κ2) is 9.84. The normalized spacial score (nSPS) is 11.5. The van der Waals surface area contributed by atoms with E-state index in [1.165, 1.54) is 36.5 Å². The first-order chi connectivity index (χ1) is 16.8. The zero-order valence-electron chi connectivity index (χ0n) is 18.8. The first-order valence-corrected chi connectivity index (χ1v) is 10.6. The number of aliphatic imine (C=N–C) groups is 1. The van der Waals surface area contributed by atoms with Crippen LogP contribution < -0.4 is 21.3 Å². The number of hydrogen-bond donors (Lipinski definition) is 2. The van der Waals surface area contributed by atoms with Gasteiger partial charge in [-0.2, -0.15) is 18.6 Å². The third-order valence-electron chi connectivity index (χ3n) is 5.10. The first kappa shape index (κ1) is 23.7. The Morgan fingerprint density at radius 1 is 1.20 bits per heavy atom. The van der Waals surface area contributed by atoms with Crippen LogP contribution in [0.3, 0.4) is 0 Å². The van der Waals surface area contributed by atoms with Gasteiger partial charge in [0.2, 0.25) is 0 Å². The molecule has 4 aromatic rings. The number of pyridine rings is 1. The number of hydrogen-bond acceptors (Lipinski definition) is 7. The summed E-state index contributed by atoms with van der Waals surface area (Å²) in [5.74, 6) is -0.747. The molecule has 0 aliphatic heterocycles. The molecule has 11 heteroatoms. The maximum atomic E-state index is 14.7. The van der Waals surface area contributed by atoms with E-state index in [9.17, 15) is 18.0 Å². The summed E-state index contributed by atoms with van der Waals surface area (Å²) in [5.41, 5.74) is 7.57. The van der Waals surface area contributed by atoms with Crippen molar-refractivity contribution in [3.8, 4) is 22.6 Å². The van der Waals surface area contributed by atoms with Crippen LogP contribution in [-0.2, 0) is 0 Å². The number of nitrogens with two attached hydrogens (primary N) is 1. The Labute approximate surface area is 197 Å². The fourth-order valence-corrected chi connectivity index (χ4v) is 3.57. The number of aromatic nitrogens is 3. The number of anilines is 2. The second-order valence-corrected chi connectivity index (χ2v) is 7.41. The van der Waals surface area contributed by atoms with Gasteiger partial charge in [0.25, 0.3) is 5.56 Å². The molecule has 0 unspecified atom stereocenters. The number of nitrogens with zero attached hydrogens (tertiary/aromatic N) is 4. The molecule has 0 radical (unpaired) electrons. The van der Waals surface area contributed by atoms with Gasteiger partial charge in [-0.3, -0.25) is 9.79 Å². The lowest BCUT2D eigenvalue weighted by molar-refractivity contribution is -0.0498. The summed E-state index contributed by atoms with van der Waals surface area (Å²) < 4.78 is 45.4. The third-order valence-corrected chi connectivity index (χ3v) is 5.10. The smallest absolute Gasteiger partial charge is 0.387 e. The van der Waals surface area contributed by atoms with Gasteiger partial charge in [-0.15, -0.1) is 0 Å². The van der Waals surface area contributed by atoms with Gasteiger partial charge in [-0.05, 0) is 42.8 Å². The van der Waals surface area contributed by atoms with Crippen molar-refractivity contribution in [1.29, 1.82) is 0 Å². The summed E-state index contributed by atoms with van der Waals surface area (Å²) in [5, 5.41) is 7.16. The monoisotopic (exact) mass is 482 g/mol. The molecule has 4 rings (SSSR count). The number of rotatable bonds is 7. The quantitative estimate of drug-likeness (QED) is 0.301. The predicted molar refractivity (Wildman–Crippen MR) is 129 cm³/mol. The summed E-state index contributed by atoms with van der Waals surface area (Å²) in [4.78, 5) is 22.0. The van der Waals surface area contributed by atoms with E-state index in [0.29, 0.717) is 29.0 Å². The molecule has 35 heavy (non-hydrogen) atoms. The average Bonchev–Trinajstić information content (AvgIpc) is 2.82. The van der Waals surface area contributed by atoms with Crippen LogP contribution in [0.1, 0.15) is 12.5 Å². The molecule has 8 nitrogen and oxygen atoms in total. The highest BCUT2D eigenvalue weighted by atomic mass is 19.3. The van der Waals surface area contributed by atoms with Gasteiger partial charge >= 0.3 is 6.61 Å². The number of fused-ring (bicyclic) bond motifs is 1. The fraction of sp³-hybridized carbons (Fsp3) is 0.167. The van der Waals surface area contributed by atoms with E-state index < -0.39 is 18.0 Å². The zero-order valence-corrected chi connectivity index (χ0v) is 18.8. The van der Waals surface area contributed by atoms with Crippen LogP contribution in [0.15, 0.2) is 58.3 Å². The molecule has 2 aromatic heterocycles. The second-order valence-electron chi connectivity index (χ2n) is 7.41. The van der Waals surface area contributed by atoms with Crippen molar-refractivity contribution in [3.05, 3.63) is 70.3 Å². The molecule has 0 bridgehead atoms. The lowest BCUT2D eigenvalue weighted by Crippen LogP contribution is -2.24. The Morgan fingerprint density at radius 2 is 1.94 bits per heavy atom. The average molecular weight is 482 g/mol. The highest BCUT2D eigenvalue weighted by Gasteiger charge is 2.19. The van der Waals surface area contributed by atoms with Crippen LogP contribution >= 0.6 is 0 Å². The molecule has 0 amide bonds. The van der Waals surface area contributed by atoms with Crippen LogP contribution in [0.2, 0.25) is 0 Å². The minimum absolute atomic E-state index is 0.0354. The molecule has 0 atom stereocenters. The van der Waals surface area contributed by atoms with E-state index in [4.69, 9.17) is 5.73 Å². The number of halogens is 3. The van der Waals surface area contributed by atoms with Gasteiger partial charge in [0, 0.05) is 37.1 Å². The number of alkyl halides is 2. The van der Waals surface area contributed by atoms with Crippen molar-refractivity contribution in [2.75, 3.05) is 24.6 Å². The number of benzene rings is 2. The van der Waals surface area contributed by atoms with Crippen molar-refractivity contribution in [2.45, 2.75) is 13.5 Å². The molecule has 2 aromatic carbocycles. The number of ether oxygens (including phenoxy) is 1.